The first-order valence-corrected chi connectivity index (χ1v) is 8.12. The van der Waals surface area contributed by atoms with Crippen molar-refractivity contribution >= 4 is 28.1 Å². The number of aryl methyl sites for hydroxylation is 1. The van der Waals surface area contributed by atoms with Crippen LogP contribution in [0.25, 0.3) is 16.6 Å². The second kappa shape index (κ2) is 6.44. The summed E-state index contributed by atoms with van der Waals surface area (Å²) in [7, 11) is 0. The van der Waals surface area contributed by atoms with Crippen molar-refractivity contribution in [2.24, 2.45) is 0 Å². The van der Waals surface area contributed by atoms with Crippen LogP contribution in [0.5, 0.6) is 0 Å². The molecule has 0 spiro atoms. The Balaban J connectivity index is 1.69. The third-order valence-corrected chi connectivity index (χ3v) is 4.23. The van der Waals surface area contributed by atoms with Crippen molar-refractivity contribution in [3.05, 3.63) is 77.2 Å². The van der Waals surface area contributed by atoms with Gasteiger partial charge in [0.2, 0.25) is 5.91 Å². The quantitative estimate of drug-likeness (QED) is 0.615. The number of hydrogen-bond acceptors (Lipinski definition) is 3. The molecule has 130 valence electrons. The molecule has 0 aliphatic heterocycles. The molecule has 0 atom stereocenters. The minimum absolute atomic E-state index is 0.0880. The van der Waals surface area contributed by atoms with Crippen molar-refractivity contribution in [2.75, 3.05) is 5.32 Å². The Labute approximate surface area is 147 Å². The number of nitrogens with one attached hydrogen (secondary N) is 1. The number of pyridine rings is 1. The topological polar surface area (TPSA) is 68.4 Å². The van der Waals surface area contributed by atoms with E-state index in [1.54, 1.807) is 53.3 Å². The van der Waals surface area contributed by atoms with E-state index in [0.29, 0.717) is 22.2 Å². The number of carbonyl (C=O) groups is 1. The number of rotatable bonds is 4. The molecule has 3 aromatic heterocycles. The van der Waals surface area contributed by atoms with Crippen LogP contribution in [0.4, 0.5) is 10.1 Å². The molecule has 3 heterocycles. The van der Waals surface area contributed by atoms with Crippen LogP contribution in [-0.2, 0) is 11.3 Å². The summed E-state index contributed by atoms with van der Waals surface area (Å²) in [6.07, 6.45) is 5.01. The Morgan fingerprint density at radius 2 is 1.88 bits per heavy atom. The van der Waals surface area contributed by atoms with Gasteiger partial charge in [-0.25, -0.2) is 4.39 Å². The summed E-state index contributed by atoms with van der Waals surface area (Å²) >= 11 is 0. The highest BCUT2D eigenvalue weighted by atomic mass is 19.1. The smallest absolute Gasteiger partial charge is 0.275 e. The van der Waals surface area contributed by atoms with E-state index >= 15 is 0 Å². The number of benzene rings is 1. The summed E-state index contributed by atoms with van der Waals surface area (Å²) < 4.78 is 16.9. The lowest BCUT2D eigenvalue weighted by molar-refractivity contribution is -0.116. The zero-order valence-corrected chi connectivity index (χ0v) is 13.7. The van der Waals surface area contributed by atoms with Crippen molar-refractivity contribution in [2.45, 2.75) is 13.0 Å². The fourth-order valence-corrected chi connectivity index (χ4v) is 3.02. The number of fused-ring (bicyclic) bond motifs is 3. The molecule has 1 aromatic carbocycles. The summed E-state index contributed by atoms with van der Waals surface area (Å²) in [5.41, 5.74) is 2.02. The SMILES string of the molecule is O=C(CCn1c(=O)c2cccn2c2ccc(F)cc21)Nc1ccncc1. The van der Waals surface area contributed by atoms with Gasteiger partial charge in [0, 0.05) is 37.2 Å². The van der Waals surface area contributed by atoms with Crippen molar-refractivity contribution in [1.29, 1.82) is 0 Å². The van der Waals surface area contributed by atoms with Gasteiger partial charge in [0.1, 0.15) is 11.3 Å². The highest BCUT2D eigenvalue weighted by molar-refractivity contribution is 5.90. The van der Waals surface area contributed by atoms with Crippen LogP contribution in [-0.4, -0.2) is 19.9 Å². The van der Waals surface area contributed by atoms with Crippen molar-refractivity contribution in [3.63, 3.8) is 0 Å². The van der Waals surface area contributed by atoms with Gasteiger partial charge in [-0.05, 0) is 42.5 Å². The lowest BCUT2D eigenvalue weighted by Crippen LogP contribution is -2.25. The van der Waals surface area contributed by atoms with E-state index < -0.39 is 5.82 Å². The fourth-order valence-electron chi connectivity index (χ4n) is 3.02. The standard InChI is InChI=1S/C19H15FN4O2/c20-13-3-4-15-17(12-13)24(19(26)16-2-1-10-23(15)16)11-7-18(25)22-14-5-8-21-9-6-14/h1-6,8-10,12H,7,11H2,(H,21,22,25). The van der Waals surface area contributed by atoms with Crippen LogP contribution in [0.3, 0.4) is 0 Å². The van der Waals surface area contributed by atoms with Gasteiger partial charge in [-0.15, -0.1) is 0 Å². The Hall–Kier alpha value is -3.48. The van der Waals surface area contributed by atoms with Crippen LogP contribution >= 0.6 is 0 Å². The van der Waals surface area contributed by atoms with Crippen LogP contribution in [0.15, 0.2) is 65.8 Å². The van der Waals surface area contributed by atoms with E-state index in [0.717, 1.165) is 0 Å². The Bertz CT molecular complexity index is 1160. The largest absolute Gasteiger partial charge is 0.326 e. The first-order chi connectivity index (χ1) is 12.6. The number of carbonyl (C=O) groups excluding carboxylic acids is 1. The number of halogens is 1. The molecule has 0 saturated carbocycles. The molecule has 1 amide bonds. The molecule has 7 heteroatoms. The third kappa shape index (κ3) is 2.83. The zero-order chi connectivity index (χ0) is 18.1. The van der Waals surface area contributed by atoms with E-state index in [2.05, 4.69) is 10.3 Å². The van der Waals surface area contributed by atoms with Gasteiger partial charge in [0.15, 0.2) is 0 Å². The lowest BCUT2D eigenvalue weighted by atomic mass is 10.2. The number of hydrogen-bond donors (Lipinski definition) is 1. The Morgan fingerprint density at radius 1 is 1.08 bits per heavy atom. The molecule has 0 bridgehead atoms. The minimum atomic E-state index is -0.432. The number of nitrogens with zero attached hydrogens (tertiary/aromatic N) is 3. The predicted octanol–water partition coefficient (Wildman–Crippen LogP) is 2.82. The molecular weight excluding hydrogens is 335 g/mol. The van der Waals surface area contributed by atoms with Gasteiger partial charge in [-0.1, -0.05) is 0 Å². The summed E-state index contributed by atoms with van der Waals surface area (Å²) in [5, 5.41) is 2.75. The molecule has 26 heavy (non-hydrogen) atoms. The van der Waals surface area contributed by atoms with Crippen molar-refractivity contribution < 1.29 is 9.18 Å². The Morgan fingerprint density at radius 3 is 2.69 bits per heavy atom. The van der Waals surface area contributed by atoms with Gasteiger partial charge >= 0.3 is 0 Å². The maximum absolute atomic E-state index is 13.8. The molecule has 0 unspecified atom stereocenters. The molecule has 6 nitrogen and oxygen atoms in total. The number of aromatic nitrogens is 3. The molecule has 0 radical (unpaired) electrons. The zero-order valence-electron chi connectivity index (χ0n) is 13.7. The lowest BCUT2D eigenvalue weighted by Gasteiger charge is -2.13. The molecule has 0 aliphatic rings. The maximum atomic E-state index is 13.8. The maximum Gasteiger partial charge on any atom is 0.275 e. The molecular formula is C19H15FN4O2. The number of amides is 1. The molecule has 0 aliphatic carbocycles. The van der Waals surface area contributed by atoms with E-state index in [1.807, 2.05) is 0 Å². The first-order valence-electron chi connectivity index (χ1n) is 8.12. The average molecular weight is 350 g/mol. The highest BCUT2D eigenvalue weighted by Gasteiger charge is 2.12. The summed E-state index contributed by atoms with van der Waals surface area (Å²) in [6, 6.07) is 11.1. The van der Waals surface area contributed by atoms with E-state index in [1.165, 1.54) is 16.7 Å². The van der Waals surface area contributed by atoms with E-state index in [4.69, 9.17) is 0 Å². The second-order valence-electron chi connectivity index (χ2n) is 5.89. The second-order valence-corrected chi connectivity index (χ2v) is 5.89. The number of anilines is 1. The van der Waals surface area contributed by atoms with Crippen LogP contribution < -0.4 is 10.9 Å². The molecule has 4 aromatic rings. The average Bonchev–Trinajstić information content (AvgIpc) is 3.12. The summed E-state index contributed by atoms with van der Waals surface area (Å²) in [6.45, 7) is 0.150. The normalized spacial score (nSPS) is 11.1. The highest BCUT2D eigenvalue weighted by Crippen LogP contribution is 2.17. The molecule has 0 fully saturated rings. The Kier molecular flexibility index (Phi) is 3.96. The van der Waals surface area contributed by atoms with Gasteiger partial charge in [-0.2, -0.15) is 0 Å². The summed E-state index contributed by atoms with van der Waals surface area (Å²) in [5.74, 6) is -0.665. The van der Waals surface area contributed by atoms with Crippen molar-refractivity contribution in [3.8, 4) is 0 Å². The van der Waals surface area contributed by atoms with Gasteiger partial charge in [0.05, 0.1) is 11.0 Å². The first kappa shape index (κ1) is 16.0. The monoisotopic (exact) mass is 350 g/mol. The third-order valence-electron chi connectivity index (χ3n) is 4.23. The predicted molar refractivity (Wildman–Crippen MR) is 96.6 cm³/mol. The van der Waals surface area contributed by atoms with Crippen LogP contribution in [0.1, 0.15) is 6.42 Å². The molecule has 1 N–H and O–H groups in total. The minimum Gasteiger partial charge on any atom is -0.326 e. The van der Waals surface area contributed by atoms with Gasteiger partial charge in [-0.3, -0.25) is 14.6 Å². The molecule has 0 saturated heterocycles. The molecule has 4 rings (SSSR count). The van der Waals surface area contributed by atoms with E-state index in [9.17, 15) is 14.0 Å². The summed E-state index contributed by atoms with van der Waals surface area (Å²) in [4.78, 5) is 28.8. The van der Waals surface area contributed by atoms with E-state index in [-0.39, 0.29) is 24.4 Å². The van der Waals surface area contributed by atoms with Crippen LogP contribution in [0, 0.1) is 5.82 Å². The van der Waals surface area contributed by atoms with Gasteiger partial charge < -0.3 is 14.3 Å². The van der Waals surface area contributed by atoms with Crippen molar-refractivity contribution in [1.82, 2.24) is 14.0 Å². The van der Waals surface area contributed by atoms with Crippen LogP contribution in [0.2, 0.25) is 0 Å². The fraction of sp³-hybridized carbons (Fsp3) is 0.105. The van der Waals surface area contributed by atoms with Gasteiger partial charge in [0.25, 0.3) is 5.56 Å².